The normalized spacial score (nSPS) is 16.3. The third kappa shape index (κ3) is 4.66. The van der Waals surface area contributed by atoms with Gasteiger partial charge < -0.3 is 19.8 Å². The van der Waals surface area contributed by atoms with Crippen LogP contribution in [0, 0.1) is 0 Å². The highest BCUT2D eigenvalue weighted by Gasteiger charge is 2.38. The van der Waals surface area contributed by atoms with Gasteiger partial charge in [-0.1, -0.05) is 12.1 Å². The number of furan rings is 1. The molecule has 1 unspecified atom stereocenters. The molecule has 3 rings (SSSR count). The molecule has 4 amide bonds. The predicted molar refractivity (Wildman–Crippen MR) is 95.7 cm³/mol. The number of hydrogen-bond acceptors (Lipinski definition) is 5. The lowest BCUT2D eigenvalue weighted by molar-refractivity contribution is -0.128. The Kier molecular flexibility index (Phi) is 5.75. The lowest BCUT2D eigenvalue weighted by Crippen LogP contribution is -2.32. The highest BCUT2D eigenvalue weighted by molar-refractivity contribution is 6.04. The van der Waals surface area contributed by atoms with Crippen molar-refractivity contribution in [3.8, 4) is 5.75 Å². The second-order valence-corrected chi connectivity index (χ2v) is 6.17. The molecular weight excluding hydrogens is 350 g/mol. The number of methoxy groups -OCH3 is 1. The second kappa shape index (κ2) is 8.39. The van der Waals surface area contributed by atoms with Crippen LogP contribution in [0.15, 0.2) is 47.1 Å². The molecule has 1 saturated heterocycles. The van der Waals surface area contributed by atoms with Crippen LogP contribution in [0.5, 0.6) is 5.75 Å². The molecule has 1 atom stereocenters. The number of ether oxygens (including phenoxy) is 1. The summed E-state index contributed by atoms with van der Waals surface area (Å²) in [6.45, 7) is 0.446. The van der Waals surface area contributed by atoms with Crippen LogP contribution >= 0.6 is 0 Å². The van der Waals surface area contributed by atoms with Crippen LogP contribution in [0.4, 0.5) is 4.79 Å². The number of imide groups is 1. The minimum absolute atomic E-state index is 0.0796. The second-order valence-electron chi connectivity index (χ2n) is 6.17. The molecule has 0 aliphatic carbocycles. The van der Waals surface area contributed by atoms with Crippen molar-refractivity contribution >= 4 is 17.8 Å². The zero-order valence-corrected chi connectivity index (χ0v) is 14.9. The van der Waals surface area contributed by atoms with E-state index in [1.54, 1.807) is 19.2 Å². The predicted octanol–water partition coefficient (Wildman–Crippen LogP) is 1.81. The van der Waals surface area contributed by atoms with Gasteiger partial charge in [0.1, 0.15) is 17.6 Å². The molecule has 0 saturated carbocycles. The maximum atomic E-state index is 12.4. The number of urea groups is 1. The van der Waals surface area contributed by atoms with Crippen molar-refractivity contribution in [2.45, 2.75) is 32.0 Å². The molecule has 27 heavy (non-hydrogen) atoms. The fraction of sp³-hybridized carbons (Fsp3) is 0.316. The molecule has 1 aliphatic rings. The summed E-state index contributed by atoms with van der Waals surface area (Å²) in [6, 6.07) is 9.61. The van der Waals surface area contributed by atoms with Gasteiger partial charge in [0, 0.05) is 13.0 Å². The van der Waals surface area contributed by atoms with Crippen molar-refractivity contribution in [3.63, 3.8) is 0 Å². The van der Waals surface area contributed by atoms with E-state index in [-0.39, 0.29) is 31.2 Å². The number of hydrogen-bond donors (Lipinski definition) is 2. The number of nitrogens with one attached hydrogen (secondary N) is 2. The van der Waals surface area contributed by atoms with Gasteiger partial charge in [0.25, 0.3) is 5.91 Å². The summed E-state index contributed by atoms with van der Waals surface area (Å²) in [6.07, 6.45) is 1.86. The van der Waals surface area contributed by atoms with Gasteiger partial charge in [0.05, 0.1) is 19.9 Å². The Morgan fingerprint density at radius 2 is 2.15 bits per heavy atom. The number of carbonyl (C=O) groups is 3. The van der Waals surface area contributed by atoms with E-state index in [2.05, 4.69) is 10.6 Å². The van der Waals surface area contributed by atoms with E-state index in [0.717, 1.165) is 16.2 Å². The fourth-order valence-corrected chi connectivity index (χ4v) is 2.83. The van der Waals surface area contributed by atoms with Crippen LogP contribution in [0.2, 0.25) is 0 Å². The maximum absolute atomic E-state index is 12.4. The molecule has 8 heteroatoms. The van der Waals surface area contributed by atoms with Gasteiger partial charge in [0.15, 0.2) is 0 Å². The molecule has 1 aromatic heterocycles. The Bertz CT molecular complexity index is 819. The lowest BCUT2D eigenvalue weighted by atomic mass is 10.1. The molecule has 2 N–H and O–H groups in total. The van der Waals surface area contributed by atoms with Gasteiger partial charge >= 0.3 is 6.03 Å². The molecule has 1 aliphatic heterocycles. The van der Waals surface area contributed by atoms with Crippen molar-refractivity contribution in [2.75, 3.05) is 7.11 Å². The molecule has 1 aromatic carbocycles. The Hall–Kier alpha value is -3.29. The third-order valence-electron chi connectivity index (χ3n) is 4.28. The van der Waals surface area contributed by atoms with Crippen molar-refractivity contribution in [2.24, 2.45) is 0 Å². The van der Waals surface area contributed by atoms with Crippen LogP contribution in [0.25, 0.3) is 0 Å². The molecule has 2 heterocycles. The smallest absolute Gasteiger partial charge is 0.325 e. The number of rotatable bonds is 8. The van der Waals surface area contributed by atoms with E-state index < -0.39 is 12.1 Å². The average molecular weight is 371 g/mol. The Morgan fingerprint density at radius 3 is 2.89 bits per heavy atom. The van der Waals surface area contributed by atoms with Gasteiger partial charge in [-0.15, -0.1) is 0 Å². The first-order valence-corrected chi connectivity index (χ1v) is 8.60. The highest BCUT2D eigenvalue weighted by atomic mass is 16.5. The van der Waals surface area contributed by atoms with E-state index in [4.69, 9.17) is 9.15 Å². The standard InChI is InChI=1S/C19H21N3O5/c1-26-14-5-2-4-13(10-14)11-20-17(23)8-7-16-18(24)22(19(25)21-16)12-15-6-3-9-27-15/h2-6,9-10,16H,7-8,11-12H2,1H3,(H,20,23)(H,21,25). The van der Waals surface area contributed by atoms with Crippen LogP contribution in [0.3, 0.4) is 0 Å². The lowest BCUT2D eigenvalue weighted by Gasteiger charge is -2.11. The summed E-state index contributed by atoms with van der Waals surface area (Å²) in [5.41, 5.74) is 0.914. The van der Waals surface area contributed by atoms with Gasteiger partial charge in [0.2, 0.25) is 5.91 Å². The summed E-state index contributed by atoms with van der Waals surface area (Å²) < 4.78 is 10.3. The molecule has 2 aromatic rings. The van der Waals surface area contributed by atoms with Gasteiger partial charge in [-0.25, -0.2) is 4.79 Å². The largest absolute Gasteiger partial charge is 0.497 e. The van der Waals surface area contributed by atoms with Crippen LogP contribution < -0.4 is 15.4 Å². The number of benzene rings is 1. The maximum Gasteiger partial charge on any atom is 0.325 e. The Balaban J connectivity index is 1.45. The minimum Gasteiger partial charge on any atom is -0.497 e. The number of amides is 4. The van der Waals surface area contributed by atoms with Crippen LogP contribution in [-0.4, -0.2) is 35.9 Å². The molecule has 0 spiro atoms. The van der Waals surface area contributed by atoms with E-state index in [0.29, 0.717) is 12.3 Å². The summed E-state index contributed by atoms with van der Waals surface area (Å²) in [5.74, 6) is 0.703. The highest BCUT2D eigenvalue weighted by Crippen LogP contribution is 2.16. The first kappa shape index (κ1) is 18.5. The van der Waals surface area contributed by atoms with Crippen LogP contribution in [0.1, 0.15) is 24.2 Å². The SMILES string of the molecule is COc1cccc(CNC(=O)CCC2NC(=O)N(Cc3ccco3)C2=O)c1. The molecular formula is C19H21N3O5. The summed E-state index contributed by atoms with van der Waals surface area (Å²) >= 11 is 0. The molecule has 1 fully saturated rings. The quantitative estimate of drug-likeness (QED) is 0.689. The summed E-state index contributed by atoms with van der Waals surface area (Å²) in [7, 11) is 1.58. The van der Waals surface area contributed by atoms with Crippen molar-refractivity contribution < 1.29 is 23.5 Å². The van der Waals surface area contributed by atoms with E-state index in [1.165, 1.54) is 6.26 Å². The van der Waals surface area contributed by atoms with Gasteiger partial charge in [-0.2, -0.15) is 0 Å². The van der Waals surface area contributed by atoms with Gasteiger partial charge in [-0.3, -0.25) is 14.5 Å². The minimum atomic E-state index is -0.699. The molecule has 8 nitrogen and oxygen atoms in total. The van der Waals surface area contributed by atoms with Crippen molar-refractivity contribution in [1.29, 1.82) is 0 Å². The van der Waals surface area contributed by atoms with E-state index in [9.17, 15) is 14.4 Å². The number of carbonyl (C=O) groups excluding carboxylic acids is 3. The molecule has 142 valence electrons. The summed E-state index contributed by atoms with van der Waals surface area (Å²) in [4.78, 5) is 37.5. The van der Waals surface area contributed by atoms with Crippen molar-refractivity contribution in [3.05, 3.63) is 54.0 Å². The fourth-order valence-electron chi connectivity index (χ4n) is 2.83. The first-order chi connectivity index (χ1) is 13.1. The first-order valence-electron chi connectivity index (χ1n) is 8.60. The van der Waals surface area contributed by atoms with Crippen molar-refractivity contribution in [1.82, 2.24) is 15.5 Å². The number of nitrogens with zero attached hydrogens (tertiary/aromatic N) is 1. The van der Waals surface area contributed by atoms with Crippen LogP contribution in [-0.2, 0) is 22.7 Å². The third-order valence-corrected chi connectivity index (χ3v) is 4.28. The Labute approximate surface area is 156 Å². The zero-order chi connectivity index (χ0) is 19.2. The molecule has 0 radical (unpaired) electrons. The molecule has 0 bridgehead atoms. The average Bonchev–Trinajstić information content (AvgIpc) is 3.28. The monoisotopic (exact) mass is 371 g/mol. The van der Waals surface area contributed by atoms with E-state index in [1.807, 2.05) is 24.3 Å². The van der Waals surface area contributed by atoms with E-state index >= 15 is 0 Å². The Morgan fingerprint density at radius 1 is 1.30 bits per heavy atom. The topological polar surface area (TPSA) is 101 Å². The van der Waals surface area contributed by atoms with Gasteiger partial charge in [-0.05, 0) is 36.2 Å². The summed E-state index contributed by atoms with van der Waals surface area (Å²) in [5, 5.41) is 5.41. The zero-order valence-electron chi connectivity index (χ0n) is 14.9.